The maximum absolute atomic E-state index is 11.9. The van der Waals surface area contributed by atoms with E-state index in [0.29, 0.717) is 13.0 Å². The van der Waals surface area contributed by atoms with Gasteiger partial charge in [0.25, 0.3) is 0 Å². The van der Waals surface area contributed by atoms with Gasteiger partial charge in [-0.15, -0.1) is 0 Å². The maximum atomic E-state index is 11.9. The van der Waals surface area contributed by atoms with Crippen LogP contribution in [0.15, 0.2) is 48.5 Å². The van der Waals surface area contributed by atoms with Crippen molar-refractivity contribution in [1.29, 1.82) is 0 Å². The first-order valence-corrected chi connectivity index (χ1v) is 6.57. The lowest BCUT2D eigenvalue weighted by molar-refractivity contribution is 0.0986. The Labute approximate surface area is 114 Å². The van der Waals surface area contributed by atoms with Crippen LogP contribution in [0.1, 0.15) is 27.9 Å². The number of ketones is 1. The summed E-state index contributed by atoms with van der Waals surface area (Å²) in [6.07, 6.45) is 0.511. The van der Waals surface area contributed by atoms with Gasteiger partial charge in [-0.3, -0.25) is 4.79 Å². The molecular formula is C17H19NO. The third kappa shape index (κ3) is 3.44. The van der Waals surface area contributed by atoms with Crippen molar-refractivity contribution in [3.63, 3.8) is 0 Å². The van der Waals surface area contributed by atoms with Gasteiger partial charge in [0.15, 0.2) is 5.78 Å². The molecule has 0 heterocycles. The van der Waals surface area contributed by atoms with E-state index in [1.807, 2.05) is 36.4 Å². The summed E-state index contributed by atoms with van der Waals surface area (Å²) in [5.41, 5.74) is 4.40. The molecule has 0 fully saturated rings. The van der Waals surface area contributed by atoms with E-state index in [-0.39, 0.29) is 5.78 Å². The second-order valence-corrected chi connectivity index (χ2v) is 4.71. The van der Waals surface area contributed by atoms with Gasteiger partial charge in [-0.2, -0.15) is 0 Å². The zero-order chi connectivity index (χ0) is 13.7. The molecule has 2 rings (SSSR count). The summed E-state index contributed by atoms with van der Waals surface area (Å²) < 4.78 is 0. The molecule has 2 nitrogen and oxygen atoms in total. The van der Waals surface area contributed by atoms with E-state index in [1.165, 1.54) is 11.1 Å². The average molecular weight is 253 g/mol. The lowest BCUT2D eigenvalue weighted by atomic mass is 10.1. The number of hydrogen-bond donors (Lipinski definition) is 1. The van der Waals surface area contributed by atoms with Gasteiger partial charge in [-0.1, -0.05) is 42.5 Å². The van der Waals surface area contributed by atoms with Gasteiger partial charge in [-0.25, -0.2) is 0 Å². The zero-order valence-corrected chi connectivity index (χ0v) is 11.4. The summed E-state index contributed by atoms with van der Waals surface area (Å²) in [7, 11) is 0. The molecule has 0 radical (unpaired) electrons. The summed E-state index contributed by atoms with van der Waals surface area (Å²) in [6, 6.07) is 15.6. The van der Waals surface area contributed by atoms with E-state index in [9.17, 15) is 4.79 Å². The van der Waals surface area contributed by atoms with Crippen molar-refractivity contribution in [3.8, 4) is 0 Å². The number of hydrogen-bond acceptors (Lipinski definition) is 2. The molecule has 0 aliphatic rings. The van der Waals surface area contributed by atoms with Crippen molar-refractivity contribution in [2.45, 2.75) is 20.3 Å². The third-order valence-corrected chi connectivity index (χ3v) is 3.37. The quantitative estimate of drug-likeness (QED) is 0.816. The fourth-order valence-electron chi connectivity index (χ4n) is 2.02. The molecule has 0 amide bonds. The van der Waals surface area contributed by atoms with Crippen molar-refractivity contribution in [1.82, 2.24) is 0 Å². The zero-order valence-electron chi connectivity index (χ0n) is 11.4. The van der Waals surface area contributed by atoms with Gasteiger partial charge < -0.3 is 5.32 Å². The molecule has 0 aliphatic heterocycles. The van der Waals surface area contributed by atoms with Gasteiger partial charge in [-0.05, 0) is 31.0 Å². The predicted molar refractivity (Wildman–Crippen MR) is 79.8 cm³/mol. The monoisotopic (exact) mass is 253 g/mol. The second-order valence-electron chi connectivity index (χ2n) is 4.71. The molecule has 0 spiro atoms. The van der Waals surface area contributed by atoms with E-state index in [1.54, 1.807) is 0 Å². The summed E-state index contributed by atoms with van der Waals surface area (Å²) in [5.74, 6) is 0.179. The molecule has 98 valence electrons. The Morgan fingerprint density at radius 2 is 1.74 bits per heavy atom. The van der Waals surface area contributed by atoms with E-state index in [2.05, 4.69) is 31.3 Å². The predicted octanol–water partition coefficient (Wildman–Crippen LogP) is 3.99. The first-order chi connectivity index (χ1) is 9.18. The highest BCUT2D eigenvalue weighted by atomic mass is 16.1. The van der Waals surface area contributed by atoms with Gasteiger partial charge in [0.2, 0.25) is 0 Å². The van der Waals surface area contributed by atoms with Crippen LogP contribution in [-0.2, 0) is 0 Å². The van der Waals surface area contributed by atoms with Crippen LogP contribution in [0.25, 0.3) is 0 Å². The van der Waals surface area contributed by atoms with E-state index >= 15 is 0 Å². The van der Waals surface area contributed by atoms with Gasteiger partial charge in [0, 0.05) is 24.2 Å². The van der Waals surface area contributed by atoms with Gasteiger partial charge in [0.05, 0.1) is 0 Å². The molecule has 0 bridgehead atoms. The summed E-state index contributed by atoms with van der Waals surface area (Å²) in [5, 5.41) is 3.33. The van der Waals surface area contributed by atoms with Gasteiger partial charge in [0.1, 0.15) is 0 Å². The Morgan fingerprint density at radius 1 is 1.00 bits per heavy atom. The highest BCUT2D eigenvalue weighted by Crippen LogP contribution is 2.17. The molecule has 0 aromatic heterocycles. The molecule has 2 aromatic carbocycles. The highest BCUT2D eigenvalue weighted by Gasteiger charge is 2.05. The average Bonchev–Trinajstić information content (AvgIpc) is 2.44. The standard InChI is InChI=1S/C17H19NO/c1-13-7-6-10-16(14(13)2)18-12-11-17(19)15-8-4-3-5-9-15/h3-10,18H,11-12H2,1-2H3. The molecule has 0 saturated heterocycles. The molecule has 0 aliphatic carbocycles. The molecule has 1 N–H and O–H groups in total. The van der Waals surface area contributed by atoms with Crippen molar-refractivity contribution in [3.05, 3.63) is 65.2 Å². The van der Waals surface area contributed by atoms with E-state index < -0.39 is 0 Å². The lowest BCUT2D eigenvalue weighted by Gasteiger charge is -2.11. The normalized spacial score (nSPS) is 10.2. The summed E-state index contributed by atoms with van der Waals surface area (Å²) >= 11 is 0. The minimum atomic E-state index is 0.179. The molecule has 2 aromatic rings. The number of carbonyl (C=O) groups is 1. The smallest absolute Gasteiger partial charge is 0.164 e. The highest BCUT2D eigenvalue weighted by molar-refractivity contribution is 5.96. The number of rotatable bonds is 5. The minimum absolute atomic E-state index is 0.179. The summed E-state index contributed by atoms with van der Waals surface area (Å²) in [4.78, 5) is 11.9. The number of nitrogens with one attached hydrogen (secondary N) is 1. The molecule has 0 atom stereocenters. The molecule has 0 saturated carbocycles. The Morgan fingerprint density at radius 3 is 2.47 bits per heavy atom. The number of benzene rings is 2. The van der Waals surface area contributed by atoms with Crippen LogP contribution >= 0.6 is 0 Å². The Kier molecular flexibility index (Phi) is 4.35. The number of Topliss-reactive ketones (excluding diaryl/α,β-unsaturated/α-hetero) is 1. The van der Waals surface area contributed by atoms with Gasteiger partial charge >= 0.3 is 0 Å². The minimum Gasteiger partial charge on any atom is -0.384 e. The van der Waals surface area contributed by atoms with Crippen LogP contribution in [0.5, 0.6) is 0 Å². The number of aryl methyl sites for hydroxylation is 1. The largest absolute Gasteiger partial charge is 0.384 e. The Hall–Kier alpha value is -2.09. The third-order valence-electron chi connectivity index (χ3n) is 3.37. The number of anilines is 1. The topological polar surface area (TPSA) is 29.1 Å². The molecular weight excluding hydrogens is 234 g/mol. The molecule has 0 unspecified atom stereocenters. The van der Waals surface area contributed by atoms with Crippen LogP contribution in [0.2, 0.25) is 0 Å². The first kappa shape index (κ1) is 13.3. The Balaban J connectivity index is 1.90. The Bertz CT molecular complexity index is 561. The fraction of sp³-hybridized carbons (Fsp3) is 0.235. The maximum Gasteiger partial charge on any atom is 0.164 e. The fourth-order valence-corrected chi connectivity index (χ4v) is 2.02. The SMILES string of the molecule is Cc1cccc(NCCC(=O)c2ccccc2)c1C. The van der Waals surface area contributed by atoms with Crippen LogP contribution in [0.4, 0.5) is 5.69 Å². The van der Waals surface area contributed by atoms with Crippen molar-refractivity contribution in [2.24, 2.45) is 0 Å². The number of carbonyl (C=O) groups excluding carboxylic acids is 1. The molecule has 2 heteroatoms. The van der Waals surface area contributed by atoms with Crippen LogP contribution in [-0.4, -0.2) is 12.3 Å². The van der Waals surface area contributed by atoms with Crippen molar-refractivity contribution >= 4 is 11.5 Å². The van der Waals surface area contributed by atoms with E-state index in [4.69, 9.17) is 0 Å². The van der Waals surface area contributed by atoms with Crippen molar-refractivity contribution < 1.29 is 4.79 Å². The summed E-state index contributed by atoms with van der Waals surface area (Å²) in [6.45, 7) is 4.85. The molecule has 19 heavy (non-hydrogen) atoms. The van der Waals surface area contributed by atoms with Crippen molar-refractivity contribution in [2.75, 3.05) is 11.9 Å². The van der Waals surface area contributed by atoms with E-state index in [0.717, 1.165) is 11.3 Å². The first-order valence-electron chi connectivity index (χ1n) is 6.57. The van der Waals surface area contributed by atoms with Crippen LogP contribution in [0, 0.1) is 13.8 Å². The second kappa shape index (κ2) is 6.19. The van der Waals surface area contributed by atoms with Crippen LogP contribution in [0.3, 0.4) is 0 Å². The van der Waals surface area contributed by atoms with Crippen LogP contribution < -0.4 is 5.32 Å². The lowest BCUT2D eigenvalue weighted by Crippen LogP contribution is -2.09.